The number of nitrogens with one attached hydrogen (secondary N) is 1. The molecule has 0 saturated carbocycles. The van der Waals surface area contributed by atoms with Crippen LogP contribution in [-0.4, -0.2) is 41.6 Å². The number of nitrogens with two attached hydrogens (primary N) is 1. The monoisotopic (exact) mass is 236 g/mol. The van der Waals surface area contributed by atoms with Crippen LogP contribution in [0, 0.1) is 0 Å². The van der Waals surface area contributed by atoms with Gasteiger partial charge in [-0.25, -0.2) is 10.8 Å². The Bertz CT molecular complexity index is 410. The van der Waals surface area contributed by atoms with E-state index in [1.807, 2.05) is 6.92 Å². The molecule has 0 spiro atoms. The predicted octanol–water partition coefficient (Wildman–Crippen LogP) is 0.228. The predicted molar refractivity (Wildman–Crippen MR) is 63.4 cm³/mol. The summed E-state index contributed by atoms with van der Waals surface area (Å²) in [4.78, 5) is 18.1. The van der Waals surface area contributed by atoms with Gasteiger partial charge >= 0.3 is 0 Å². The molecule has 0 aromatic carbocycles. The van der Waals surface area contributed by atoms with E-state index in [1.165, 1.54) is 0 Å². The lowest BCUT2D eigenvalue weighted by molar-refractivity contribution is 0.00328. The van der Waals surface area contributed by atoms with Crippen molar-refractivity contribution in [3.05, 3.63) is 23.9 Å². The summed E-state index contributed by atoms with van der Waals surface area (Å²) in [6.45, 7) is 3.70. The van der Waals surface area contributed by atoms with Gasteiger partial charge in [-0.05, 0) is 19.1 Å². The largest absolute Gasteiger partial charge is 0.377 e. The fraction of sp³-hybridized carbons (Fsp3) is 0.455. The Hall–Kier alpha value is -1.66. The van der Waals surface area contributed by atoms with Crippen LogP contribution >= 0.6 is 0 Å². The van der Waals surface area contributed by atoms with Crippen molar-refractivity contribution < 1.29 is 9.53 Å². The minimum absolute atomic E-state index is 0.0764. The zero-order valence-electron chi connectivity index (χ0n) is 9.72. The van der Waals surface area contributed by atoms with Crippen LogP contribution in [-0.2, 0) is 4.74 Å². The molecule has 2 heterocycles. The van der Waals surface area contributed by atoms with Crippen molar-refractivity contribution in [1.82, 2.24) is 9.88 Å². The number of morpholine rings is 1. The molecule has 1 saturated heterocycles. The van der Waals surface area contributed by atoms with Crippen molar-refractivity contribution in [3.63, 3.8) is 0 Å². The van der Waals surface area contributed by atoms with Gasteiger partial charge in [-0.15, -0.1) is 0 Å². The molecule has 0 aliphatic carbocycles. The highest BCUT2D eigenvalue weighted by molar-refractivity contribution is 5.93. The second-order valence-corrected chi connectivity index (χ2v) is 3.97. The quantitative estimate of drug-likeness (QED) is 0.567. The molecule has 1 amide bonds. The van der Waals surface area contributed by atoms with E-state index in [1.54, 1.807) is 23.1 Å². The van der Waals surface area contributed by atoms with E-state index < -0.39 is 0 Å². The van der Waals surface area contributed by atoms with Gasteiger partial charge in [0.05, 0.1) is 19.3 Å². The third-order valence-electron chi connectivity index (χ3n) is 2.74. The number of carbonyl (C=O) groups excluding carboxylic acids is 1. The minimum Gasteiger partial charge on any atom is -0.377 e. The van der Waals surface area contributed by atoms with Gasteiger partial charge in [0.2, 0.25) is 0 Å². The molecule has 0 bridgehead atoms. The lowest BCUT2D eigenvalue weighted by Crippen LogP contribution is -2.47. The van der Waals surface area contributed by atoms with E-state index in [-0.39, 0.29) is 11.9 Å². The number of nitrogens with zero attached hydrogens (tertiary/aromatic N) is 2. The lowest BCUT2D eigenvalue weighted by Gasteiger charge is -2.33. The number of rotatable bonds is 2. The van der Waals surface area contributed by atoms with Gasteiger partial charge in [0.25, 0.3) is 5.91 Å². The third kappa shape index (κ3) is 2.54. The van der Waals surface area contributed by atoms with Crippen molar-refractivity contribution >= 4 is 11.7 Å². The number of nitrogen functional groups attached to an aromatic ring is 1. The molecule has 1 unspecified atom stereocenters. The van der Waals surface area contributed by atoms with E-state index in [0.29, 0.717) is 31.3 Å². The SMILES string of the molecule is CC1COCCN1C(=O)c1cccc(NN)n1. The van der Waals surface area contributed by atoms with E-state index >= 15 is 0 Å². The molecule has 1 aliphatic rings. The van der Waals surface area contributed by atoms with Crippen molar-refractivity contribution in [2.24, 2.45) is 5.84 Å². The topological polar surface area (TPSA) is 80.5 Å². The smallest absolute Gasteiger partial charge is 0.272 e. The van der Waals surface area contributed by atoms with Crippen LogP contribution in [0.1, 0.15) is 17.4 Å². The molecule has 92 valence electrons. The summed E-state index contributed by atoms with van der Waals surface area (Å²) in [5.41, 5.74) is 2.83. The van der Waals surface area contributed by atoms with Crippen molar-refractivity contribution in [3.8, 4) is 0 Å². The standard InChI is InChI=1S/C11H16N4O2/c1-8-7-17-6-5-15(8)11(16)9-3-2-4-10(13-9)14-12/h2-4,8H,5-7,12H2,1H3,(H,13,14). The van der Waals surface area contributed by atoms with Crippen LogP contribution in [0.5, 0.6) is 0 Å². The molecule has 0 radical (unpaired) electrons. The Morgan fingerprint density at radius 1 is 1.65 bits per heavy atom. The zero-order valence-corrected chi connectivity index (χ0v) is 9.72. The van der Waals surface area contributed by atoms with Gasteiger partial charge in [0.1, 0.15) is 11.5 Å². The number of amides is 1. The second-order valence-electron chi connectivity index (χ2n) is 3.97. The van der Waals surface area contributed by atoms with E-state index in [0.717, 1.165) is 0 Å². The van der Waals surface area contributed by atoms with Gasteiger partial charge in [-0.3, -0.25) is 4.79 Å². The number of hydrogen-bond acceptors (Lipinski definition) is 5. The molecule has 6 nitrogen and oxygen atoms in total. The normalized spacial score (nSPS) is 20.1. The number of carbonyl (C=O) groups is 1. The second kappa shape index (κ2) is 5.11. The molecule has 3 N–H and O–H groups in total. The summed E-state index contributed by atoms with van der Waals surface area (Å²) in [6, 6.07) is 5.22. The molecule has 2 rings (SSSR count). The van der Waals surface area contributed by atoms with Crippen molar-refractivity contribution in [2.75, 3.05) is 25.2 Å². The zero-order chi connectivity index (χ0) is 12.3. The van der Waals surface area contributed by atoms with Crippen LogP contribution in [0.3, 0.4) is 0 Å². The Labute approximate surface area is 99.7 Å². The summed E-state index contributed by atoms with van der Waals surface area (Å²) in [5, 5.41) is 0. The number of hydrazine groups is 1. The Morgan fingerprint density at radius 2 is 2.47 bits per heavy atom. The van der Waals surface area contributed by atoms with Gasteiger partial charge in [0, 0.05) is 6.54 Å². The lowest BCUT2D eigenvalue weighted by atomic mass is 10.2. The van der Waals surface area contributed by atoms with Crippen LogP contribution in [0.2, 0.25) is 0 Å². The first-order valence-corrected chi connectivity index (χ1v) is 5.55. The first-order chi connectivity index (χ1) is 8.22. The third-order valence-corrected chi connectivity index (χ3v) is 2.74. The first-order valence-electron chi connectivity index (χ1n) is 5.55. The number of aromatic nitrogens is 1. The molecule has 1 aromatic heterocycles. The fourth-order valence-electron chi connectivity index (χ4n) is 1.81. The average Bonchev–Trinajstić information content (AvgIpc) is 2.38. The Kier molecular flexibility index (Phi) is 3.55. The molecular formula is C11H16N4O2. The number of anilines is 1. The molecule has 1 fully saturated rings. The van der Waals surface area contributed by atoms with Crippen LogP contribution in [0.4, 0.5) is 5.82 Å². The molecule has 1 aromatic rings. The van der Waals surface area contributed by atoms with Gasteiger partial charge in [-0.1, -0.05) is 6.07 Å². The summed E-state index contributed by atoms with van der Waals surface area (Å²) >= 11 is 0. The van der Waals surface area contributed by atoms with Crippen LogP contribution in [0.15, 0.2) is 18.2 Å². The van der Waals surface area contributed by atoms with E-state index in [4.69, 9.17) is 10.6 Å². The highest BCUT2D eigenvalue weighted by Crippen LogP contribution is 2.12. The Balaban J connectivity index is 2.17. The maximum Gasteiger partial charge on any atom is 0.272 e. The first kappa shape index (κ1) is 11.8. The highest BCUT2D eigenvalue weighted by atomic mass is 16.5. The maximum absolute atomic E-state index is 12.2. The van der Waals surface area contributed by atoms with Crippen LogP contribution in [0.25, 0.3) is 0 Å². The van der Waals surface area contributed by atoms with Crippen LogP contribution < -0.4 is 11.3 Å². The summed E-state index contributed by atoms with van der Waals surface area (Å²) in [7, 11) is 0. The Morgan fingerprint density at radius 3 is 3.18 bits per heavy atom. The van der Waals surface area contributed by atoms with Crippen molar-refractivity contribution in [2.45, 2.75) is 13.0 Å². The molecule has 6 heteroatoms. The molecule has 17 heavy (non-hydrogen) atoms. The molecule has 1 atom stereocenters. The number of ether oxygens (including phenoxy) is 1. The van der Waals surface area contributed by atoms with Gasteiger partial charge < -0.3 is 15.1 Å². The summed E-state index contributed by atoms with van der Waals surface area (Å²) in [6.07, 6.45) is 0. The number of pyridine rings is 1. The molecule has 1 aliphatic heterocycles. The van der Waals surface area contributed by atoms with Crippen molar-refractivity contribution in [1.29, 1.82) is 0 Å². The molecular weight excluding hydrogens is 220 g/mol. The maximum atomic E-state index is 12.2. The minimum atomic E-state index is -0.0853. The van der Waals surface area contributed by atoms with E-state index in [9.17, 15) is 4.79 Å². The fourth-order valence-corrected chi connectivity index (χ4v) is 1.81. The summed E-state index contributed by atoms with van der Waals surface area (Å²) < 4.78 is 5.30. The van der Waals surface area contributed by atoms with Gasteiger partial charge in [-0.2, -0.15) is 0 Å². The summed E-state index contributed by atoms with van der Waals surface area (Å²) in [5.74, 6) is 5.67. The van der Waals surface area contributed by atoms with E-state index in [2.05, 4.69) is 10.4 Å². The highest BCUT2D eigenvalue weighted by Gasteiger charge is 2.25. The van der Waals surface area contributed by atoms with Gasteiger partial charge in [0.15, 0.2) is 0 Å². The number of hydrogen-bond donors (Lipinski definition) is 2. The average molecular weight is 236 g/mol.